The van der Waals surface area contributed by atoms with Gasteiger partial charge in [-0.1, -0.05) is 81.8 Å². The lowest BCUT2D eigenvalue weighted by Crippen LogP contribution is -2.54. The molecular formula is C29H41N3O5S. The van der Waals surface area contributed by atoms with Crippen LogP contribution in [-0.2, 0) is 27.3 Å². The van der Waals surface area contributed by atoms with Gasteiger partial charge in [-0.15, -0.1) is 11.8 Å². The van der Waals surface area contributed by atoms with Crippen molar-refractivity contribution in [1.29, 1.82) is 0 Å². The number of alkyl carbamates (subject to hydrolysis) is 1. The quantitative estimate of drug-likeness (QED) is 0.231. The summed E-state index contributed by atoms with van der Waals surface area (Å²) in [5.41, 5.74) is 2.90. The Morgan fingerprint density at radius 1 is 1.05 bits per heavy atom. The number of ether oxygens (including phenoxy) is 1. The van der Waals surface area contributed by atoms with Gasteiger partial charge in [0, 0.05) is 11.8 Å². The zero-order chi connectivity index (χ0) is 27.9. The van der Waals surface area contributed by atoms with Crippen LogP contribution in [0.3, 0.4) is 0 Å². The predicted octanol–water partition coefficient (Wildman–Crippen LogP) is 4.04. The second-order valence-corrected chi connectivity index (χ2v) is 11.0. The highest BCUT2D eigenvalue weighted by atomic mass is 32.2. The van der Waals surface area contributed by atoms with Gasteiger partial charge in [0.1, 0.15) is 6.54 Å². The standard InChI is InChI=1S/C29H41N3O5S/c1-5-6-16-37-29(36)31-25(17-23-13-8-7-9-14-23)27(34)28(35)32(20-38-21(2)3)19-26(33)30-18-24-15-11-10-12-22(24)4/h7-15,21,25,27,34H,5-6,16-20H2,1-4H3,(H,30,33)(H,31,36)/t25-,27-/m0/s1. The molecular weight excluding hydrogens is 502 g/mol. The number of carbonyl (C=O) groups is 3. The molecule has 38 heavy (non-hydrogen) atoms. The topological polar surface area (TPSA) is 108 Å². The normalized spacial score (nSPS) is 12.5. The van der Waals surface area contributed by atoms with Crippen molar-refractivity contribution in [3.05, 3.63) is 71.3 Å². The first-order chi connectivity index (χ1) is 18.2. The Balaban J connectivity index is 2.14. The fraction of sp³-hybridized carbons (Fsp3) is 0.483. The molecule has 0 unspecified atom stereocenters. The fourth-order valence-electron chi connectivity index (χ4n) is 3.63. The van der Waals surface area contributed by atoms with Gasteiger partial charge >= 0.3 is 6.09 Å². The molecule has 0 aliphatic carbocycles. The first kappa shape index (κ1) is 31.2. The molecule has 9 heteroatoms. The van der Waals surface area contributed by atoms with Gasteiger partial charge in [-0.2, -0.15) is 0 Å². The molecule has 0 aliphatic rings. The van der Waals surface area contributed by atoms with E-state index in [-0.39, 0.29) is 36.6 Å². The van der Waals surface area contributed by atoms with Crippen molar-refractivity contribution in [1.82, 2.24) is 15.5 Å². The van der Waals surface area contributed by atoms with Gasteiger partial charge in [0.05, 0.1) is 18.5 Å². The second-order valence-electron chi connectivity index (χ2n) is 9.46. The van der Waals surface area contributed by atoms with Crippen molar-refractivity contribution < 1.29 is 24.2 Å². The minimum absolute atomic E-state index is 0.208. The van der Waals surface area contributed by atoms with Crippen LogP contribution < -0.4 is 10.6 Å². The number of nitrogens with zero attached hydrogens (tertiary/aromatic N) is 1. The number of amides is 3. The zero-order valence-electron chi connectivity index (χ0n) is 22.8. The number of rotatable bonds is 15. The van der Waals surface area contributed by atoms with E-state index in [0.717, 1.165) is 29.5 Å². The van der Waals surface area contributed by atoms with Crippen LogP contribution in [0.25, 0.3) is 0 Å². The molecule has 0 saturated carbocycles. The molecule has 0 radical (unpaired) electrons. The maximum absolute atomic E-state index is 13.5. The van der Waals surface area contributed by atoms with Crippen molar-refractivity contribution in [3.63, 3.8) is 0 Å². The summed E-state index contributed by atoms with van der Waals surface area (Å²) < 4.78 is 5.21. The maximum atomic E-state index is 13.5. The van der Waals surface area contributed by atoms with E-state index < -0.39 is 24.1 Å². The van der Waals surface area contributed by atoms with Crippen LogP contribution in [0, 0.1) is 6.92 Å². The van der Waals surface area contributed by atoms with Crippen molar-refractivity contribution in [2.45, 2.75) is 70.9 Å². The fourth-order valence-corrected chi connectivity index (χ4v) is 4.33. The summed E-state index contributed by atoms with van der Waals surface area (Å²) in [6, 6.07) is 16.1. The highest BCUT2D eigenvalue weighted by Crippen LogP contribution is 2.15. The van der Waals surface area contributed by atoms with Crippen LogP contribution in [0.5, 0.6) is 0 Å². The molecule has 0 heterocycles. The Morgan fingerprint density at radius 2 is 1.74 bits per heavy atom. The Labute approximate surface area is 230 Å². The van der Waals surface area contributed by atoms with Crippen molar-refractivity contribution >= 4 is 29.7 Å². The summed E-state index contributed by atoms with van der Waals surface area (Å²) in [6.07, 6.45) is -0.440. The number of aliphatic hydroxyl groups excluding tert-OH is 1. The van der Waals surface area contributed by atoms with E-state index in [1.54, 1.807) is 0 Å². The average Bonchev–Trinajstić information content (AvgIpc) is 2.90. The molecule has 2 aromatic carbocycles. The van der Waals surface area contributed by atoms with E-state index in [0.29, 0.717) is 6.54 Å². The third-order valence-electron chi connectivity index (χ3n) is 5.91. The molecule has 0 saturated heterocycles. The Hall–Kier alpha value is -3.04. The van der Waals surface area contributed by atoms with Gasteiger partial charge < -0.3 is 25.4 Å². The number of hydrogen-bond acceptors (Lipinski definition) is 6. The number of nitrogens with one attached hydrogen (secondary N) is 2. The summed E-state index contributed by atoms with van der Waals surface area (Å²) in [5.74, 6) is -0.728. The second kappa shape index (κ2) is 16.7. The van der Waals surface area contributed by atoms with Crippen LogP contribution in [-0.4, -0.2) is 64.3 Å². The largest absolute Gasteiger partial charge is 0.450 e. The van der Waals surface area contributed by atoms with Crippen LogP contribution in [0.1, 0.15) is 50.3 Å². The highest BCUT2D eigenvalue weighted by Gasteiger charge is 2.32. The Kier molecular flexibility index (Phi) is 13.7. The van der Waals surface area contributed by atoms with Crippen molar-refractivity contribution in [2.75, 3.05) is 19.0 Å². The molecule has 0 fully saturated rings. The summed E-state index contributed by atoms with van der Waals surface area (Å²) in [4.78, 5) is 40.0. The van der Waals surface area contributed by atoms with Gasteiger partial charge in [0.2, 0.25) is 5.91 Å². The molecule has 0 aliphatic heterocycles. The Morgan fingerprint density at radius 3 is 2.39 bits per heavy atom. The van der Waals surface area contributed by atoms with Crippen LogP contribution in [0.4, 0.5) is 4.79 Å². The van der Waals surface area contributed by atoms with Gasteiger partial charge in [-0.3, -0.25) is 9.59 Å². The number of carbonyl (C=O) groups excluding carboxylic acids is 3. The number of benzene rings is 2. The maximum Gasteiger partial charge on any atom is 0.407 e. The first-order valence-corrected chi connectivity index (χ1v) is 14.1. The van der Waals surface area contributed by atoms with E-state index in [9.17, 15) is 19.5 Å². The third kappa shape index (κ3) is 11.1. The lowest BCUT2D eigenvalue weighted by Gasteiger charge is -2.29. The minimum atomic E-state index is -1.56. The molecule has 2 rings (SSSR count). The predicted molar refractivity (Wildman–Crippen MR) is 152 cm³/mol. The molecule has 3 amide bonds. The molecule has 2 atom stereocenters. The molecule has 0 aromatic heterocycles. The lowest BCUT2D eigenvalue weighted by molar-refractivity contribution is -0.143. The van der Waals surface area contributed by atoms with Crippen LogP contribution in [0.2, 0.25) is 0 Å². The van der Waals surface area contributed by atoms with Gasteiger partial charge in [0.25, 0.3) is 5.91 Å². The van der Waals surface area contributed by atoms with Gasteiger partial charge in [-0.05, 0) is 36.5 Å². The van der Waals surface area contributed by atoms with E-state index in [1.165, 1.54) is 16.7 Å². The number of aryl methyl sites for hydroxylation is 1. The smallest absolute Gasteiger partial charge is 0.407 e. The molecule has 3 N–H and O–H groups in total. The molecule has 0 bridgehead atoms. The van der Waals surface area contributed by atoms with Crippen LogP contribution >= 0.6 is 11.8 Å². The summed E-state index contributed by atoms with van der Waals surface area (Å²) in [7, 11) is 0. The summed E-state index contributed by atoms with van der Waals surface area (Å²) >= 11 is 1.49. The molecule has 0 spiro atoms. The van der Waals surface area contributed by atoms with E-state index in [4.69, 9.17) is 4.74 Å². The van der Waals surface area contributed by atoms with Crippen LogP contribution in [0.15, 0.2) is 54.6 Å². The van der Waals surface area contributed by atoms with E-state index in [1.807, 2.05) is 82.3 Å². The number of thioether (sulfide) groups is 1. The van der Waals surface area contributed by atoms with Gasteiger partial charge in [0.15, 0.2) is 6.10 Å². The van der Waals surface area contributed by atoms with Gasteiger partial charge in [-0.25, -0.2) is 4.79 Å². The summed E-state index contributed by atoms with van der Waals surface area (Å²) in [5, 5.41) is 16.9. The minimum Gasteiger partial charge on any atom is -0.450 e. The monoisotopic (exact) mass is 543 g/mol. The number of hydrogen-bond donors (Lipinski definition) is 3. The highest BCUT2D eigenvalue weighted by molar-refractivity contribution is 7.99. The van der Waals surface area contributed by atoms with Crippen molar-refractivity contribution in [2.24, 2.45) is 0 Å². The summed E-state index contributed by atoms with van der Waals surface area (Å²) in [6.45, 7) is 8.34. The third-order valence-corrected chi connectivity index (χ3v) is 7.04. The number of unbranched alkanes of at least 4 members (excludes halogenated alkanes) is 1. The van der Waals surface area contributed by atoms with E-state index >= 15 is 0 Å². The zero-order valence-corrected chi connectivity index (χ0v) is 23.6. The van der Waals surface area contributed by atoms with Crippen molar-refractivity contribution in [3.8, 4) is 0 Å². The SMILES string of the molecule is CCCCOC(=O)N[C@@H](Cc1ccccc1)[C@H](O)C(=O)N(CSC(C)C)CC(=O)NCc1ccccc1C. The molecule has 8 nitrogen and oxygen atoms in total. The Bertz CT molecular complexity index is 1020. The lowest BCUT2D eigenvalue weighted by atomic mass is 10.0. The van der Waals surface area contributed by atoms with E-state index in [2.05, 4.69) is 10.6 Å². The first-order valence-electron chi connectivity index (χ1n) is 13.1. The number of aliphatic hydroxyl groups is 1. The molecule has 208 valence electrons. The average molecular weight is 544 g/mol. The molecule has 2 aromatic rings.